The van der Waals surface area contributed by atoms with E-state index in [-0.39, 0.29) is 36.5 Å². The Morgan fingerprint density at radius 1 is 1.24 bits per heavy atom. The van der Waals surface area contributed by atoms with E-state index in [0.29, 0.717) is 37.3 Å². The van der Waals surface area contributed by atoms with Gasteiger partial charge in [-0.25, -0.2) is 0 Å². The summed E-state index contributed by atoms with van der Waals surface area (Å²) in [7, 11) is 0. The molecule has 33 heavy (non-hydrogen) atoms. The summed E-state index contributed by atoms with van der Waals surface area (Å²) in [5, 5.41) is 15.7. The van der Waals surface area contributed by atoms with Crippen molar-refractivity contribution in [2.75, 3.05) is 19.8 Å². The molecule has 2 aliphatic heterocycles. The van der Waals surface area contributed by atoms with Crippen LogP contribution in [0.25, 0.3) is 0 Å². The zero-order chi connectivity index (χ0) is 24.2. The third-order valence-electron chi connectivity index (χ3n) is 5.38. The van der Waals surface area contributed by atoms with Crippen molar-refractivity contribution in [3.63, 3.8) is 0 Å². The number of imide groups is 1. The maximum Gasteiger partial charge on any atom is 0.261 e. The van der Waals surface area contributed by atoms with Crippen LogP contribution in [-0.2, 0) is 19.1 Å². The zero-order valence-electron chi connectivity index (χ0n) is 19.2. The van der Waals surface area contributed by atoms with Crippen LogP contribution in [0.4, 0.5) is 0 Å². The minimum absolute atomic E-state index is 0.00423. The SMILES string of the molecule is CC(C)(C)OCC(=O)NCCCCOc1cccc2c1C(=O)N(C1CCC(=O)NC1=O)C2O. The number of hydrogen-bond donors (Lipinski definition) is 3. The fraction of sp³-hybridized carbons (Fsp3) is 0.565. The number of carbonyl (C=O) groups is 4. The number of hydrogen-bond acceptors (Lipinski definition) is 7. The van der Waals surface area contributed by atoms with Gasteiger partial charge in [-0.15, -0.1) is 0 Å². The molecule has 180 valence electrons. The zero-order valence-corrected chi connectivity index (χ0v) is 19.2. The number of carbonyl (C=O) groups excluding carboxylic acids is 4. The van der Waals surface area contributed by atoms with Gasteiger partial charge in [-0.2, -0.15) is 0 Å². The molecule has 4 amide bonds. The number of aliphatic hydroxyl groups is 1. The van der Waals surface area contributed by atoms with Crippen molar-refractivity contribution in [2.45, 2.75) is 64.3 Å². The van der Waals surface area contributed by atoms with E-state index in [4.69, 9.17) is 9.47 Å². The molecule has 0 bridgehead atoms. The standard InChI is InChI=1S/C23H31N3O7/c1-23(2,3)33-13-18(28)24-11-4-5-12-32-16-8-6-7-14-19(16)22(31)26(21(14)30)15-9-10-17(27)25-20(15)29/h6-8,15,21,30H,4-5,9-13H2,1-3H3,(H,24,28)(H,25,27,29). The number of unbranched alkanes of at least 4 members (excludes halogenated alkanes) is 1. The largest absolute Gasteiger partial charge is 0.493 e. The number of nitrogens with one attached hydrogen (secondary N) is 2. The second kappa shape index (κ2) is 10.3. The Labute approximate surface area is 192 Å². The second-order valence-electron chi connectivity index (χ2n) is 9.08. The molecule has 3 rings (SSSR count). The number of rotatable bonds is 9. The first-order valence-electron chi connectivity index (χ1n) is 11.1. The van der Waals surface area contributed by atoms with Crippen molar-refractivity contribution in [1.29, 1.82) is 0 Å². The van der Waals surface area contributed by atoms with Crippen LogP contribution in [-0.4, -0.2) is 65.0 Å². The highest BCUT2D eigenvalue weighted by Gasteiger charge is 2.45. The molecule has 3 N–H and O–H groups in total. The highest BCUT2D eigenvalue weighted by atomic mass is 16.5. The van der Waals surface area contributed by atoms with E-state index in [0.717, 1.165) is 4.90 Å². The van der Waals surface area contributed by atoms with Gasteiger partial charge in [0.1, 0.15) is 18.4 Å². The monoisotopic (exact) mass is 461 g/mol. The Kier molecular flexibility index (Phi) is 7.70. The number of nitrogens with zero attached hydrogens (tertiary/aromatic N) is 1. The van der Waals surface area contributed by atoms with Gasteiger partial charge < -0.3 is 19.9 Å². The van der Waals surface area contributed by atoms with Crippen molar-refractivity contribution in [1.82, 2.24) is 15.5 Å². The first kappa shape index (κ1) is 24.7. The highest BCUT2D eigenvalue weighted by molar-refractivity contribution is 6.06. The van der Waals surface area contributed by atoms with Gasteiger partial charge >= 0.3 is 0 Å². The van der Waals surface area contributed by atoms with E-state index in [1.807, 2.05) is 20.8 Å². The van der Waals surface area contributed by atoms with E-state index >= 15 is 0 Å². The van der Waals surface area contributed by atoms with Crippen LogP contribution in [0.3, 0.4) is 0 Å². The molecule has 0 aliphatic carbocycles. The summed E-state index contributed by atoms with van der Waals surface area (Å²) in [5.41, 5.74) is 0.218. The first-order valence-corrected chi connectivity index (χ1v) is 11.1. The molecule has 1 aromatic carbocycles. The Hall–Kier alpha value is -2.98. The van der Waals surface area contributed by atoms with Crippen LogP contribution >= 0.6 is 0 Å². The molecule has 10 heteroatoms. The van der Waals surface area contributed by atoms with Crippen molar-refractivity contribution in [3.05, 3.63) is 29.3 Å². The molecule has 10 nitrogen and oxygen atoms in total. The molecular weight excluding hydrogens is 430 g/mol. The fourth-order valence-corrected chi connectivity index (χ4v) is 3.73. The fourth-order valence-electron chi connectivity index (χ4n) is 3.73. The van der Waals surface area contributed by atoms with Crippen LogP contribution in [0, 0.1) is 0 Å². The maximum atomic E-state index is 13.1. The van der Waals surface area contributed by atoms with Gasteiger partial charge in [-0.1, -0.05) is 12.1 Å². The predicted molar refractivity (Wildman–Crippen MR) is 117 cm³/mol. The molecule has 1 fully saturated rings. The highest BCUT2D eigenvalue weighted by Crippen LogP contribution is 2.39. The summed E-state index contributed by atoms with van der Waals surface area (Å²) in [6.45, 7) is 6.43. The minimum atomic E-state index is -1.29. The van der Waals surface area contributed by atoms with Gasteiger partial charge in [-0.05, 0) is 46.1 Å². The van der Waals surface area contributed by atoms with Gasteiger partial charge in [0.25, 0.3) is 5.91 Å². The summed E-state index contributed by atoms with van der Waals surface area (Å²) < 4.78 is 11.2. The van der Waals surface area contributed by atoms with Crippen LogP contribution in [0.1, 0.15) is 68.6 Å². The van der Waals surface area contributed by atoms with Crippen LogP contribution in [0.2, 0.25) is 0 Å². The Balaban J connectivity index is 1.51. The van der Waals surface area contributed by atoms with Gasteiger partial charge in [0, 0.05) is 18.5 Å². The summed E-state index contributed by atoms with van der Waals surface area (Å²) in [5.74, 6) is -1.34. The molecule has 2 unspecified atom stereocenters. The lowest BCUT2D eigenvalue weighted by Crippen LogP contribution is -2.53. The van der Waals surface area contributed by atoms with Gasteiger partial charge in [-0.3, -0.25) is 29.4 Å². The van der Waals surface area contributed by atoms with Gasteiger partial charge in [0.2, 0.25) is 17.7 Å². The number of ether oxygens (including phenoxy) is 2. The molecule has 0 spiro atoms. The summed E-state index contributed by atoms with van der Waals surface area (Å²) >= 11 is 0. The quantitative estimate of drug-likeness (QED) is 0.369. The van der Waals surface area contributed by atoms with E-state index < -0.39 is 30.0 Å². The average molecular weight is 462 g/mol. The van der Waals surface area contributed by atoms with Crippen LogP contribution in [0.5, 0.6) is 5.75 Å². The molecule has 2 aliphatic rings. The normalized spacial score (nSPS) is 20.5. The van der Waals surface area contributed by atoms with Crippen LogP contribution in [0.15, 0.2) is 18.2 Å². The van der Waals surface area contributed by atoms with Gasteiger partial charge in [0.15, 0.2) is 6.23 Å². The molecular formula is C23H31N3O7. The molecule has 1 aromatic rings. The lowest BCUT2D eigenvalue weighted by Gasteiger charge is -2.31. The van der Waals surface area contributed by atoms with E-state index in [9.17, 15) is 24.3 Å². The number of amides is 4. The maximum absolute atomic E-state index is 13.1. The third-order valence-corrected chi connectivity index (χ3v) is 5.38. The molecule has 2 heterocycles. The third kappa shape index (κ3) is 6.08. The van der Waals surface area contributed by atoms with Crippen molar-refractivity contribution in [2.24, 2.45) is 0 Å². The molecule has 0 radical (unpaired) electrons. The molecule has 0 saturated carbocycles. The second-order valence-corrected chi connectivity index (χ2v) is 9.08. The van der Waals surface area contributed by atoms with Crippen molar-refractivity contribution >= 4 is 23.6 Å². The van der Waals surface area contributed by atoms with Gasteiger partial charge in [0.05, 0.1) is 17.8 Å². The van der Waals surface area contributed by atoms with Crippen LogP contribution < -0.4 is 15.4 Å². The number of aliphatic hydroxyl groups excluding tert-OH is 1. The number of piperidine rings is 1. The summed E-state index contributed by atoms with van der Waals surface area (Å²) in [4.78, 5) is 49.6. The van der Waals surface area contributed by atoms with Crippen molar-refractivity contribution in [3.8, 4) is 5.75 Å². The number of benzene rings is 1. The predicted octanol–water partition coefficient (Wildman–Crippen LogP) is 1.03. The first-order chi connectivity index (χ1) is 15.6. The van der Waals surface area contributed by atoms with E-state index in [2.05, 4.69) is 10.6 Å². The minimum Gasteiger partial charge on any atom is -0.493 e. The average Bonchev–Trinajstić information content (AvgIpc) is 3.00. The lowest BCUT2D eigenvalue weighted by atomic mass is 10.0. The molecule has 1 saturated heterocycles. The number of fused-ring (bicyclic) bond motifs is 1. The Morgan fingerprint density at radius 3 is 2.70 bits per heavy atom. The summed E-state index contributed by atoms with van der Waals surface area (Å²) in [6.07, 6.45) is 0.285. The molecule has 2 atom stereocenters. The summed E-state index contributed by atoms with van der Waals surface area (Å²) in [6, 6.07) is 4.01. The smallest absolute Gasteiger partial charge is 0.261 e. The topological polar surface area (TPSA) is 134 Å². The van der Waals surface area contributed by atoms with E-state index in [1.165, 1.54) is 0 Å². The Bertz CT molecular complexity index is 925. The van der Waals surface area contributed by atoms with E-state index in [1.54, 1.807) is 18.2 Å². The van der Waals surface area contributed by atoms with Crippen molar-refractivity contribution < 1.29 is 33.8 Å². The Morgan fingerprint density at radius 2 is 2.00 bits per heavy atom. The molecule has 0 aromatic heterocycles. The lowest BCUT2D eigenvalue weighted by molar-refractivity contribution is -0.139.